The number of benzene rings is 1. The van der Waals surface area contributed by atoms with Crippen LogP contribution in [0.25, 0.3) is 0 Å². The van der Waals surface area contributed by atoms with Gasteiger partial charge in [0.2, 0.25) is 5.91 Å². The number of carbonyl (C=O) groups is 3. The first-order valence-corrected chi connectivity index (χ1v) is 9.38. The van der Waals surface area contributed by atoms with Gasteiger partial charge in [0, 0.05) is 50.2 Å². The summed E-state index contributed by atoms with van der Waals surface area (Å²) in [6.45, 7) is 3.34. The van der Waals surface area contributed by atoms with Gasteiger partial charge < -0.3 is 15.5 Å². The third kappa shape index (κ3) is 5.16. The summed E-state index contributed by atoms with van der Waals surface area (Å²) in [5, 5.41) is 5.63. The molecule has 28 heavy (non-hydrogen) atoms. The van der Waals surface area contributed by atoms with Crippen LogP contribution in [0.15, 0.2) is 48.8 Å². The molecule has 1 saturated heterocycles. The Morgan fingerprint density at radius 1 is 1.11 bits per heavy atom. The first-order chi connectivity index (χ1) is 13.5. The molecule has 1 aliphatic heterocycles. The summed E-state index contributed by atoms with van der Waals surface area (Å²) < 4.78 is 0. The topological polar surface area (TPSA) is 91.4 Å². The smallest absolute Gasteiger partial charge is 0.255 e. The van der Waals surface area contributed by atoms with Crippen molar-refractivity contribution in [2.24, 2.45) is 5.92 Å². The molecule has 0 aliphatic carbocycles. The van der Waals surface area contributed by atoms with E-state index >= 15 is 0 Å². The monoisotopic (exact) mass is 380 g/mol. The number of carbonyl (C=O) groups excluding carboxylic acids is 3. The highest BCUT2D eigenvalue weighted by Gasteiger charge is 2.24. The summed E-state index contributed by atoms with van der Waals surface area (Å²) in [5.74, 6) is -0.00276. The number of hydrogen-bond acceptors (Lipinski definition) is 4. The average molecular weight is 380 g/mol. The number of rotatable bonds is 5. The standard InChI is InChI=1S/C21H24N4O3/c1-15(26)24-19-6-2-4-17(12-19)20(27)23-13-16-7-10-25(11-8-16)21(28)18-5-3-9-22-14-18/h2-6,9,12,14,16H,7-8,10-11,13H2,1H3,(H,23,27)(H,24,26). The Balaban J connectivity index is 1.47. The van der Waals surface area contributed by atoms with Gasteiger partial charge in [0.15, 0.2) is 0 Å². The van der Waals surface area contributed by atoms with Crippen LogP contribution in [-0.4, -0.2) is 47.2 Å². The SMILES string of the molecule is CC(=O)Nc1cccc(C(=O)NCC2CCN(C(=O)c3cccnc3)CC2)c1. The van der Waals surface area contributed by atoms with E-state index in [1.54, 1.807) is 48.8 Å². The van der Waals surface area contributed by atoms with E-state index in [9.17, 15) is 14.4 Å². The van der Waals surface area contributed by atoms with E-state index in [0.29, 0.717) is 42.4 Å². The molecule has 1 aliphatic rings. The van der Waals surface area contributed by atoms with Crippen molar-refractivity contribution in [1.29, 1.82) is 0 Å². The van der Waals surface area contributed by atoms with Crippen molar-refractivity contribution < 1.29 is 14.4 Å². The molecule has 0 bridgehead atoms. The van der Waals surface area contributed by atoms with Crippen LogP contribution in [0.1, 0.15) is 40.5 Å². The first kappa shape index (κ1) is 19.5. The van der Waals surface area contributed by atoms with Gasteiger partial charge in [0.05, 0.1) is 5.56 Å². The summed E-state index contributed by atoms with van der Waals surface area (Å²) in [4.78, 5) is 41.8. The van der Waals surface area contributed by atoms with Gasteiger partial charge in [0.1, 0.15) is 0 Å². The van der Waals surface area contributed by atoms with Crippen LogP contribution in [-0.2, 0) is 4.79 Å². The van der Waals surface area contributed by atoms with Crippen molar-refractivity contribution in [2.75, 3.05) is 25.0 Å². The number of nitrogens with one attached hydrogen (secondary N) is 2. The molecule has 2 N–H and O–H groups in total. The minimum atomic E-state index is -0.176. The van der Waals surface area contributed by atoms with Gasteiger partial charge in [-0.3, -0.25) is 19.4 Å². The molecule has 1 aromatic heterocycles. The zero-order chi connectivity index (χ0) is 19.9. The van der Waals surface area contributed by atoms with Crippen LogP contribution in [0.2, 0.25) is 0 Å². The van der Waals surface area contributed by atoms with Crippen molar-refractivity contribution in [1.82, 2.24) is 15.2 Å². The highest BCUT2D eigenvalue weighted by atomic mass is 16.2. The third-order valence-corrected chi connectivity index (χ3v) is 4.81. The maximum Gasteiger partial charge on any atom is 0.255 e. The molecule has 2 aromatic rings. The quantitative estimate of drug-likeness (QED) is 0.833. The molecule has 2 heterocycles. The van der Waals surface area contributed by atoms with Crippen LogP contribution < -0.4 is 10.6 Å². The molecule has 7 heteroatoms. The summed E-state index contributed by atoms with van der Waals surface area (Å²) in [6.07, 6.45) is 4.93. The highest BCUT2D eigenvalue weighted by molar-refractivity contribution is 5.96. The van der Waals surface area contributed by atoms with Crippen molar-refractivity contribution >= 4 is 23.4 Å². The van der Waals surface area contributed by atoms with Gasteiger partial charge in [-0.15, -0.1) is 0 Å². The number of anilines is 1. The second-order valence-electron chi connectivity index (χ2n) is 6.95. The van der Waals surface area contributed by atoms with E-state index in [1.807, 2.05) is 4.90 Å². The molecule has 0 spiro atoms. The molecule has 3 amide bonds. The Bertz CT molecular complexity index is 846. The lowest BCUT2D eigenvalue weighted by molar-refractivity contribution is -0.114. The molecule has 0 saturated carbocycles. The van der Waals surface area contributed by atoms with E-state index in [4.69, 9.17) is 0 Å². The largest absolute Gasteiger partial charge is 0.352 e. The van der Waals surface area contributed by atoms with Crippen LogP contribution >= 0.6 is 0 Å². The van der Waals surface area contributed by atoms with Crippen molar-refractivity contribution in [3.63, 3.8) is 0 Å². The summed E-state index contributed by atoms with van der Waals surface area (Å²) in [7, 11) is 0. The van der Waals surface area contributed by atoms with E-state index in [2.05, 4.69) is 15.6 Å². The van der Waals surface area contributed by atoms with Crippen LogP contribution in [0.3, 0.4) is 0 Å². The first-order valence-electron chi connectivity index (χ1n) is 9.38. The van der Waals surface area contributed by atoms with Crippen LogP contribution in [0.5, 0.6) is 0 Å². The Kier molecular flexibility index (Phi) is 6.37. The fourth-order valence-electron chi connectivity index (χ4n) is 3.29. The van der Waals surface area contributed by atoms with E-state index in [1.165, 1.54) is 6.92 Å². The minimum absolute atomic E-state index is 0.00497. The van der Waals surface area contributed by atoms with Gasteiger partial charge in [-0.2, -0.15) is 0 Å². The number of aromatic nitrogens is 1. The summed E-state index contributed by atoms with van der Waals surface area (Å²) >= 11 is 0. The van der Waals surface area contributed by atoms with Gasteiger partial charge in [-0.1, -0.05) is 6.07 Å². The maximum atomic E-state index is 12.5. The number of nitrogens with zero attached hydrogens (tertiary/aromatic N) is 2. The molecule has 0 atom stereocenters. The van der Waals surface area contributed by atoms with Crippen LogP contribution in [0.4, 0.5) is 5.69 Å². The predicted octanol–water partition coefficient (Wildman–Crippen LogP) is 2.32. The van der Waals surface area contributed by atoms with Gasteiger partial charge in [-0.25, -0.2) is 0 Å². The van der Waals surface area contributed by atoms with E-state index < -0.39 is 0 Å². The average Bonchev–Trinajstić information content (AvgIpc) is 2.72. The lowest BCUT2D eigenvalue weighted by atomic mass is 9.96. The highest BCUT2D eigenvalue weighted by Crippen LogP contribution is 2.19. The lowest BCUT2D eigenvalue weighted by Crippen LogP contribution is -2.41. The lowest BCUT2D eigenvalue weighted by Gasteiger charge is -2.32. The van der Waals surface area contributed by atoms with Gasteiger partial charge in [0.25, 0.3) is 11.8 Å². The van der Waals surface area contributed by atoms with Crippen LogP contribution in [0, 0.1) is 5.92 Å². The number of amides is 3. The Labute approximate surface area is 164 Å². The molecule has 0 unspecified atom stereocenters. The maximum absolute atomic E-state index is 12.5. The number of piperidine rings is 1. The Morgan fingerprint density at radius 3 is 2.54 bits per heavy atom. The molecule has 3 rings (SSSR count). The van der Waals surface area contributed by atoms with Crippen molar-refractivity contribution in [3.05, 3.63) is 59.9 Å². The Morgan fingerprint density at radius 2 is 1.86 bits per heavy atom. The van der Waals surface area contributed by atoms with E-state index in [0.717, 1.165) is 12.8 Å². The van der Waals surface area contributed by atoms with Gasteiger partial charge in [-0.05, 0) is 49.1 Å². The molecule has 1 fully saturated rings. The third-order valence-electron chi connectivity index (χ3n) is 4.81. The molecular weight excluding hydrogens is 356 g/mol. The molecule has 146 valence electrons. The normalized spacial score (nSPS) is 14.4. The molecular formula is C21H24N4O3. The zero-order valence-corrected chi connectivity index (χ0v) is 15.9. The van der Waals surface area contributed by atoms with Crippen molar-refractivity contribution in [2.45, 2.75) is 19.8 Å². The predicted molar refractivity (Wildman–Crippen MR) is 106 cm³/mol. The second-order valence-corrected chi connectivity index (χ2v) is 6.95. The number of hydrogen-bond donors (Lipinski definition) is 2. The van der Waals surface area contributed by atoms with Gasteiger partial charge >= 0.3 is 0 Å². The summed E-state index contributed by atoms with van der Waals surface area (Å²) in [5.41, 5.74) is 1.71. The number of pyridine rings is 1. The second kappa shape index (κ2) is 9.12. The zero-order valence-electron chi connectivity index (χ0n) is 15.9. The molecule has 7 nitrogen and oxygen atoms in total. The van der Waals surface area contributed by atoms with Crippen molar-refractivity contribution in [3.8, 4) is 0 Å². The minimum Gasteiger partial charge on any atom is -0.352 e. The fraction of sp³-hybridized carbons (Fsp3) is 0.333. The number of likely N-dealkylation sites (tertiary alicyclic amines) is 1. The fourth-order valence-corrected chi connectivity index (χ4v) is 3.29. The molecule has 0 radical (unpaired) electrons. The Hall–Kier alpha value is -3.22. The molecule has 1 aromatic carbocycles. The van der Waals surface area contributed by atoms with E-state index in [-0.39, 0.29) is 17.7 Å². The summed E-state index contributed by atoms with van der Waals surface area (Å²) in [6, 6.07) is 10.4.